The first-order valence-electron chi connectivity index (χ1n) is 11.8. The molecule has 1 atom stereocenters. The van der Waals surface area contributed by atoms with Crippen molar-refractivity contribution in [1.29, 1.82) is 0 Å². The van der Waals surface area contributed by atoms with Gasteiger partial charge in [-0.3, -0.25) is 9.59 Å². The Morgan fingerprint density at radius 2 is 1.81 bits per heavy atom. The van der Waals surface area contributed by atoms with Crippen molar-refractivity contribution >= 4 is 17.4 Å². The molecule has 2 aromatic carbocycles. The Morgan fingerprint density at radius 3 is 2.46 bits per heavy atom. The summed E-state index contributed by atoms with van der Waals surface area (Å²) in [6.45, 7) is 5.73. The Labute approximate surface area is 213 Å². The Bertz CT molecular complexity index is 1320. The van der Waals surface area contributed by atoms with Crippen LogP contribution in [-0.2, 0) is 15.8 Å². The van der Waals surface area contributed by atoms with Crippen LogP contribution in [0.15, 0.2) is 65.0 Å². The lowest BCUT2D eigenvalue weighted by Gasteiger charge is -2.40. The molecule has 0 saturated heterocycles. The van der Waals surface area contributed by atoms with Gasteiger partial charge in [-0.1, -0.05) is 19.9 Å². The van der Waals surface area contributed by atoms with Gasteiger partial charge in [-0.05, 0) is 55.2 Å². The Balaban J connectivity index is 1.85. The van der Waals surface area contributed by atoms with Crippen LogP contribution in [0.2, 0.25) is 0 Å². The number of alkyl halides is 3. The summed E-state index contributed by atoms with van der Waals surface area (Å²) in [4.78, 5) is 27.2. The zero-order chi connectivity index (χ0) is 27.1. The van der Waals surface area contributed by atoms with Crippen LogP contribution >= 0.6 is 0 Å². The van der Waals surface area contributed by atoms with Crippen LogP contribution in [0.4, 0.5) is 18.9 Å². The number of dihydropyridines is 1. The second kappa shape index (κ2) is 9.61. The molecule has 0 bridgehead atoms. The van der Waals surface area contributed by atoms with Gasteiger partial charge in [0.05, 0.1) is 25.7 Å². The van der Waals surface area contributed by atoms with Crippen molar-refractivity contribution in [3.05, 3.63) is 76.1 Å². The van der Waals surface area contributed by atoms with Gasteiger partial charge in [0, 0.05) is 40.2 Å². The van der Waals surface area contributed by atoms with Gasteiger partial charge in [0.15, 0.2) is 5.78 Å². The van der Waals surface area contributed by atoms with E-state index < -0.39 is 23.6 Å². The summed E-state index contributed by atoms with van der Waals surface area (Å²) >= 11 is 0. The summed E-state index contributed by atoms with van der Waals surface area (Å²) in [5.41, 5.74) is 1.29. The van der Waals surface area contributed by atoms with Crippen LogP contribution in [0.25, 0.3) is 0 Å². The number of amides is 1. The van der Waals surface area contributed by atoms with E-state index in [0.29, 0.717) is 34.8 Å². The van der Waals surface area contributed by atoms with Crippen LogP contribution in [0.1, 0.15) is 50.7 Å². The zero-order valence-electron chi connectivity index (χ0n) is 21.3. The number of carbonyl (C=O) groups excluding carboxylic acids is 2. The van der Waals surface area contributed by atoms with E-state index in [1.807, 2.05) is 13.8 Å². The normalized spacial score (nSPS) is 19.2. The predicted octanol–water partition coefficient (Wildman–Crippen LogP) is 5.97. The van der Waals surface area contributed by atoms with Crippen LogP contribution in [-0.4, -0.2) is 25.9 Å². The molecule has 0 spiro atoms. The van der Waals surface area contributed by atoms with Gasteiger partial charge >= 0.3 is 6.18 Å². The zero-order valence-corrected chi connectivity index (χ0v) is 21.3. The minimum atomic E-state index is -4.56. The molecule has 1 heterocycles. The maximum atomic E-state index is 13.7. The largest absolute Gasteiger partial charge is 0.497 e. The van der Waals surface area contributed by atoms with E-state index in [2.05, 4.69) is 10.6 Å². The number of hydrogen-bond donors (Lipinski definition) is 2. The summed E-state index contributed by atoms with van der Waals surface area (Å²) in [7, 11) is 3.00. The number of nitrogens with one attached hydrogen (secondary N) is 2. The van der Waals surface area contributed by atoms with Crippen molar-refractivity contribution in [3.63, 3.8) is 0 Å². The van der Waals surface area contributed by atoms with Gasteiger partial charge < -0.3 is 20.1 Å². The number of anilines is 1. The van der Waals surface area contributed by atoms with E-state index in [4.69, 9.17) is 9.47 Å². The predicted molar refractivity (Wildman–Crippen MR) is 133 cm³/mol. The molecule has 2 aromatic rings. The number of ether oxygens (including phenoxy) is 2. The summed E-state index contributed by atoms with van der Waals surface area (Å²) in [5, 5.41) is 5.85. The smallest absolute Gasteiger partial charge is 0.416 e. The van der Waals surface area contributed by atoms with E-state index in [9.17, 15) is 22.8 Å². The van der Waals surface area contributed by atoms with Gasteiger partial charge in [0.1, 0.15) is 11.5 Å². The summed E-state index contributed by atoms with van der Waals surface area (Å²) in [6.07, 6.45) is -3.67. The average molecular weight is 515 g/mol. The van der Waals surface area contributed by atoms with Gasteiger partial charge in [-0.15, -0.1) is 0 Å². The van der Waals surface area contributed by atoms with Crippen molar-refractivity contribution in [1.82, 2.24) is 5.32 Å². The molecule has 4 rings (SSSR count). The molecule has 37 heavy (non-hydrogen) atoms. The first-order valence-corrected chi connectivity index (χ1v) is 11.8. The molecular weight excluding hydrogens is 485 g/mol. The van der Waals surface area contributed by atoms with Crippen LogP contribution in [0.5, 0.6) is 11.5 Å². The number of hydrogen-bond acceptors (Lipinski definition) is 5. The lowest BCUT2D eigenvalue weighted by molar-refractivity contribution is -0.137. The van der Waals surface area contributed by atoms with Crippen molar-refractivity contribution in [2.24, 2.45) is 5.41 Å². The molecular formula is C28H29F3N2O4. The molecule has 1 aliphatic heterocycles. The van der Waals surface area contributed by atoms with E-state index in [1.165, 1.54) is 26.4 Å². The Hall–Kier alpha value is -3.75. The van der Waals surface area contributed by atoms with E-state index in [1.54, 1.807) is 25.1 Å². The van der Waals surface area contributed by atoms with Gasteiger partial charge in [-0.2, -0.15) is 13.2 Å². The third-order valence-corrected chi connectivity index (χ3v) is 6.68. The maximum absolute atomic E-state index is 13.7. The maximum Gasteiger partial charge on any atom is 0.416 e. The summed E-state index contributed by atoms with van der Waals surface area (Å²) in [5.74, 6) is -0.575. The lowest BCUT2D eigenvalue weighted by Crippen LogP contribution is -2.39. The highest BCUT2D eigenvalue weighted by Crippen LogP contribution is 2.49. The fourth-order valence-electron chi connectivity index (χ4n) is 5.08. The molecule has 0 saturated carbocycles. The molecule has 0 unspecified atom stereocenters. The highest BCUT2D eigenvalue weighted by molar-refractivity contribution is 6.10. The number of methoxy groups -OCH3 is 2. The quantitative estimate of drug-likeness (QED) is 0.515. The highest BCUT2D eigenvalue weighted by atomic mass is 19.4. The van der Waals surface area contributed by atoms with E-state index >= 15 is 0 Å². The number of Topliss-reactive ketones (excluding diaryl/α,β-unsaturated/α-hetero) is 1. The van der Waals surface area contributed by atoms with Crippen LogP contribution in [0, 0.1) is 5.41 Å². The summed E-state index contributed by atoms with van der Waals surface area (Å²) in [6, 6.07) is 9.57. The van der Waals surface area contributed by atoms with Crippen LogP contribution in [0.3, 0.4) is 0 Å². The van der Waals surface area contributed by atoms with Crippen LogP contribution < -0.4 is 20.1 Å². The molecule has 196 valence electrons. The highest BCUT2D eigenvalue weighted by Gasteiger charge is 2.43. The second-order valence-corrected chi connectivity index (χ2v) is 10.1. The fourth-order valence-corrected chi connectivity index (χ4v) is 5.08. The van der Waals surface area contributed by atoms with Crippen molar-refractivity contribution in [2.45, 2.75) is 45.7 Å². The van der Waals surface area contributed by atoms with Gasteiger partial charge in [0.2, 0.25) is 0 Å². The minimum absolute atomic E-state index is 0.00707. The van der Waals surface area contributed by atoms with E-state index in [-0.39, 0.29) is 28.9 Å². The topological polar surface area (TPSA) is 76.7 Å². The SMILES string of the molecule is COc1ccc(OC)c([C@H]2C(C(=O)Nc3cccc(C(F)(F)F)c3)=C(C)NC3=C2C(=O)CC(C)(C)C3)c1. The number of ketones is 1. The van der Waals surface area contributed by atoms with Crippen molar-refractivity contribution in [2.75, 3.05) is 19.5 Å². The van der Waals surface area contributed by atoms with Gasteiger partial charge in [0.25, 0.3) is 5.91 Å². The molecule has 6 nitrogen and oxygen atoms in total. The number of rotatable bonds is 5. The third-order valence-electron chi connectivity index (χ3n) is 6.68. The number of carbonyl (C=O) groups is 2. The monoisotopic (exact) mass is 514 g/mol. The molecule has 2 N–H and O–H groups in total. The second-order valence-electron chi connectivity index (χ2n) is 10.1. The minimum Gasteiger partial charge on any atom is -0.497 e. The molecule has 0 aromatic heterocycles. The van der Waals surface area contributed by atoms with Crippen molar-refractivity contribution < 1.29 is 32.2 Å². The molecule has 0 fully saturated rings. The first kappa shape index (κ1) is 26.3. The molecule has 2 aliphatic rings. The number of benzene rings is 2. The molecule has 1 aliphatic carbocycles. The number of allylic oxidation sites excluding steroid dienone is 3. The Kier molecular flexibility index (Phi) is 6.83. The fraction of sp³-hybridized carbons (Fsp3) is 0.357. The molecule has 1 amide bonds. The first-order chi connectivity index (χ1) is 17.3. The average Bonchev–Trinajstić information content (AvgIpc) is 2.81. The number of halogens is 3. The van der Waals surface area contributed by atoms with Gasteiger partial charge in [-0.25, -0.2) is 0 Å². The third kappa shape index (κ3) is 5.21. The lowest BCUT2D eigenvalue weighted by atomic mass is 9.68. The summed E-state index contributed by atoms with van der Waals surface area (Å²) < 4.78 is 50.8. The van der Waals surface area contributed by atoms with E-state index in [0.717, 1.165) is 17.8 Å². The Morgan fingerprint density at radius 1 is 1.08 bits per heavy atom. The molecule has 0 radical (unpaired) electrons. The molecule has 9 heteroatoms. The van der Waals surface area contributed by atoms with Crippen molar-refractivity contribution in [3.8, 4) is 11.5 Å². The standard InChI is InChI=1S/C28H29F3N2O4/c1-15-23(26(35)33-17-8-6-7-16(11-17)28(29,30)31)24(19-12-18(36-4)9-10-22(19)37-5)25-20(32-15)13-27(2,3)14-21(25)34/h6-12,24,32H,13-14H2,1-5H3,(H,33,35)/t24-/m0/s1.